The van der Waals surface area contributed by atoms with E-state index in [1.165, 1.54) is 11.8 Å². The molecule has 0 fully saturated rings. The monoisotopic (exact) mass is 202 g/mol. The third-order valence-electron chi connectivity index (χ3n) is 1.29. The van der Waals surface area contributed by atoms with Crippen LogP contribution < -0.4 is 0 Å². The molecule has 0 unspecified atom stereocenters. The van der Waals surface area contributed by atoms with E-state index in [1.54, 1.807) is 19.3 Å². The molecule has 0 atom stereocenters. The maximum Gasteiger partial charge on any atom is 0.380 e. The predicted octanol–water partition coefficient (Wildman–Crippen LogP) is 1.78. The molecule has 3 nitrogen and oxygen atoms in total. The van der Waals surface area contributed by atoms with Gasteiger partial charge in [0.1, 0.15) is 0 Å². The minimum absolute atomic E-state index is 0.234. The van der Waals surface area contributed by atoms with Crippen molar-refractivity contribution in [1.29, 1.82) is 0 Å². The average molecular weight is 202 g/mol. The Balaban J connectivity index is 4.37. The van der Waals surface area contributed by atoms with E-state index >= 15 is 0 Å². The van der Waals surface area contributed by atoms with E-state index in [4.69, 9.17) is 0 Å². The number of esters is 1. The number of hydrogen-bond donors (Lipinski definition) is 0. The van der Waals surface area contributed by atoms with Gasteiger partial charge in [0.15, 0.2) is 0 Å². The number of allylic oxidation sites excluding steroid dienone is 1. The molecule has 0 aliphatic rings. The Morgan fingerprint density at radius 3 is 2.38 bits per heavy atom. The third-order valence-corrected chi connectivity index (χ3v) is 2.09. The van der Waals surface area contributed by atoms with Crippen molar-refractivity contribution in [3.8, 4) is 0 Å². The lowest BCUT2D eigenvalue weighted by atomic mass is 10.3. The molecule has 0 aliphatic heterocycles. The molecule has 0 rings (SSSR count). The highest BCUT2D eigenvalue weighted by Gasteiger charge is 2.18. The Bertz CT molecular complexity index is 221. The lowest BCUT2D eigenvalue weighted by Crippen LogP contribution is -2.18. The van der Waals surface area contributed by atoms with Gasteiger partial charge in [-0.05, 0) is 19.6 Å². The molecule has 0 aliphatic carbocycles. The van der Waals surface area contributed by atoms with Crippen LogP contribution in [0.4, 0.5) is 0 Å². The first-order valence-electron chi connectivity index (χ1n) is 4.12. The van der Waals surface area contributed by atoms with E-state index in [0.717, 1.165) is 6.42 Å². The molecular formula is C9H14O3S. The smallest absolute Gasteiger partial charge is 0.380 e. The fourth-order valence-electron chi connectivity index (χ4n) is 0.751. The Kier molecular flexibility index (Phi) is 6.32. The van der Waals surface area contributed by atoms with Crippen LogP contribution in [0.5, 0.6) is 0 Å². The molecule has 0 heterocycles. The Morgan fingerprint density at radius 2 is 2.00 bits per heavy atom. The van der Waals surface area contributed by atoms with Crippen LogP contribution in [-0.4, -0.2) is 24.6 Å². The number of thioether (sulfide) groups is 1. The molecule has 0 bridgehead atoms. The number of rotatable bonds is 5. The number of hydrogen-bond acceptors (Lipinski definition) is 4. The summed E-state index contributed by atoms with van der Waals surface area (Å²) in [6.07, 6.45) is 4.23. The lowest BCUT2D eigenvalue weighted by Gasteiger charge is -2.01. The van der Waals surface area contributed by atoms with E-state index in [1.807, 2.05) is 6.92 Å². The normalized spacial score (nSPS) is 11.2. The van der Waals surface area contributed by atoms with Crippen molar-refractivity contribution in [3.05, 3.63) is 11.0 Å². The van der Waals surface area contributed by atoms with Crippen LogP contribution in [0.1, 0.15) is 20.3 Å². The van der Waals surface area contributed by atoms with Crippen molar-refractivity contribution >= 4 is 23.5 Å². The lowest BCUT2D eigenvalue weighted by molar-refractivity contribution is -0.151. The van der Waals surface area contributed by atoms with E-state index in [0.29, 0.717) is 4.91 Å². The largest absolute Gasteiger partial charge is 0.460 e. The predicted molar refractivity (Wildman–Crippen MR) is 53.5 cm³/mol. The standard InChI is InChI=1S/C9H14O3S/c1-4-6-7(13-3)8(10)9(11)12-5-2/h6H,4-5H2,1-3H3/b7-6-. The van der Waals surface area contributed by atoms with E-state index in [2.05, 4.69) is 4.74 Å². The minimum Gasteiger partial charge on any atom is -0.460 e. The highest BCUT2D eigenvalue weighted by atomic mass is 32.2. The van der Waals surface area contributed by atoms with Gasteiger partial charge in [0.25, 0.3) is 5.78 Å². The van der Waals surface area contributed by atoms with Gasteiger partial charge in [0, 0.05) is 0 Å². The summed E-state index contributed by atoms with van der Waals surface area (Å²) in [6, 6.07) is 0. The zero-order valence-corrected chi connectivity index (χ0v) is 8.94. The SMILES string of the molecule is CC/C=C(\SC)C(=O)C(=O)OCC. The van der Waals surface area contributed by atoms with Crippen molar-refractivity contribution in [2.24, 2.45) is 0 Å². The molecule has 0 aromatic rings. The molecule has 4 heteroatoms. The summed E-state index contributed by atoms with van der Waals surface area (Å²) in [7, 11) is 0. The summed E-state index contributed by atoms with van der Waals surface area (Å²) >= 11 is 1.27. The minimum atomic E-state index is -0.767. The maximum atomic E-state index is 11.3. The van der Waals surface area contributed by atoms with Gasteiger partial charge in [0.05, 0.1) is 11.5 Å². The first-order valence-corrected chi connectivity index (χ1v) is 5.35. The number of carbonyl (C=O) groups is 2. The van der Waals surface area contributed by atoms with Gasteiger partial charge in [-0.25, -0.2) is 4.79 Å². The fourth-order valence-corrected chi connectivity index (χ4v) is 1.35. The molecule has 0 spiro atoms. The second-order valence-corrected chi connectivity index (χ2v) is 3.08. The first kappa shape index (κ1) is 12.2. The first-order chi connectivity index (χ1) is 6.17. The molecular weight excluding hydrogens is 188 g/mol. The number of ether oxygens (including phenoxy) is 1. The highest BCUT2D eigenvalue weighted by molar-refractivity contribution is 8.03. The van der Waals surface area contributed by atoms with Gasteiger partial charge >= 0.3 is 5.97 Å². The van der Waals surface area contributed by atoms with Crippen molar-refractivity contribution in [2.75, 3.05) is 12.9 Å². The molecule has 0 aromatic carbocycles. The van der Waals surface area contributed by atoms with Crippen LogP contribution in [0, 0.1) is 0 Å². The van der Waals surface area contributed by atoms with Crippen molar-refractivity contribution in [1.82, 2.24) is 0 Å². The summed E-state index contributed by atoms with van der Waals surface area (Å²) in [5.74, 6) is -1.31. The third kappa shape index (κ3) is 4.12. The van der Waals surface area contributed by atoms with Gasteiger partial charge in [-0.2, -0.15) is 0 Å². The van der Waals surface area contributed by atoms with Crippen LogP contribution in [-0.2, 0) is 14.3 Å². The summed E-state index contributed by atoms with van der Waals surface area (Å²) in [6.45, 7) is 3.82. The maximum absolute atomic E-state index is 11.3. The van der Waals surface area contributed by atoms with Crippen molar-refractivity contribution in [3.63, 3.8) is 0 Å². The molecule has 74 valence electrons. The molecule has 0 saturated heterocycles. The van der Waals surface area contributed by atoms with Gasteiger partial charge in [-0.1, -0.05) is 13.0 Å². The molecule has 0 N–H and O–H groups in total. The van der Waals surface area contributed by atoms with Gasteiger partial charge < -0.3 is 4.74 Å². The molecule has 0 radical (unpaired) electrons. The molecule has 13 heavy (non-hydrogen) atoms. The Hall–Kier alpha value is -0.770. The number of carbonyl (C=O) groups excluding carboxylic acids is 2. The zero-order valence-electron chi connectivity index (χ0n) is 8.12. The average Bonchev–Trinajstić information content (AvgIpc) is 2.13. The van der Waals surface area contributed by atoms with E-state index in [-0.39, 0.29) is 6.61 Å². The Morgan fingerprint density at radius 1 is 1.38 bits per heavy atom. The van der Waals surface area contributed by atoms with E-state index in [9.17, 15) is 9.59 Å². The highest BCUT2D eigenvalue weighted by Crippen LogP contribution is 2.14. The van der Waals surface area contributed by atoms with Gasteiger partial charge in [-0.3, -0.25) is 4.79 Å². The number of Topliss-reactive ketones (excluding diaryl/α,β-unsaturated/α-hetero) is 1. The van der Waals surface area contributed by atoms with Crippen LogP contribution in [0.2, 0.25) is 0 Å². The van der Waals surface area contributed by atoms with E-state index < -0.39 is 11.8 Å². The summed E-state index contributed by atoms with van der Waals surface area (Å²) in [4.78, 5) is 22.7. The summed E-state index contributed by atoms with van der Waals surface area (Å²) in [5, 5.41) is 0. The topological polar surface area (TPSA) is 43.4 Å². The molecule has 0 aromatic heterocycles. The van der Waals surface area contributed by atoms with Crippen LogP contribution in [0.25, 0.3) is 0 Å². The zero-order chi connectivity index (χ0) is 10.3. The molecule has 0 saturated carbocycles. The van der Waals surface area contributed by atoms with Gasteiger partial charge in [0.2, 0.25) is 0 Å². The quantitative estimate of drug-likeness (QED) is 0.387. The number of ketones is 1. The Labute approximate surface area is 82.5 Å². The fraction of sp³-hybridized carbons (Fsp3) is 0.556. The van der Waals surface area contributed by atoms with Crippen LogP contribution >= 0.6 is 11.8 Å². The summed E-state index contributed by atoms with van der Waals surface area (Å²) in [5.41, 5.74) is 0. The second kappa shape index (κ2) is 6.71. The molecule has 0 amide bonds. The van der Waals surface area contributed by atoms with Gasteiger partial charge in [-0.15, -0.1) is 11.8 Å². The van der Waals surface area contributed by atoms with Crippen LogP contribution in [0.3, 0.4) is 0 Å². The van der Waals surface area contributed by atoms with Crippen molar-refractivity contribution in [2.45, 2.75) is 20.3 Å². The van der Waals surface area contributed by atoms with Crippen LogP contribution in [0.15, 0.2) is 11.0 Å². The van der Waals surface area contributed by atoms with Crippen molar-refractivity contribution < 1.29 is 14.3 Å². The summed E-state index contributed by atoms with van der Waals surface area (Å²) < 4.78 is 4.59. The second-order valence-electron chi connectivity index (χ2n) is 2.23.